The number of anilines is 6. The second-order valence-corrected chi connectivity index (χ2v) is 13.9. The molecule has 0 fully saturated rings. The summed E-state index contributed by atoms with van der Waals surface area (Å²) in [6, 6.07) is 29.5. The third-order valence-electron chi connectivity index (χ3n) is 7.97. The molecule has 5 aromatic rings. The van der Waals surface area contributed by atoms with Crippen molar-refractivity contribution < 1.29 is 51.5 Å². The van der Waals surface area contributed by atoms with E-state index in [1.54, 1.807) is 88.7 Å². The van der Waals surface area contributed by atoms with Crippen molar-refractivity contribution in [2.24, 2.45) is 0 Å². The van der Waals surface area contributed by atoms with Gasteiger partial charge in [-0.2, -0.15) is 43.2 Å². The van der Waals surface area contributed by atoms with Crippen LogP contribution in [-0.4, -0.2) is 34.6 Å². The van der Waals surface area contributed by atoms with Crippen molar-refractivity contribution in [3.63, 3.8) is 0 Å². The maximum Gasteiger partial charge on any atom is 0.534 e. The minimum Gasteiger partial charge on any atom is -0.377 e. The summed E-state index contributed by atoms with van der Waals surface area (Å²) in [4.78, 5) is 3.28. The molecule has 0 unspecified atom stereocenters. The summed E-state index contributed by atoms with van der Waals surface area (Å²) >= 11 is 0. The van der Waals surface area contributed by atoms with Crippen LogP contribution in [0.25, 0.3) is 0 Å². The van der Waals surface area contributed by atoms with E-state index in [2.05, 4.69) is 0 Å². The molecule has 2 aliphatic heterocycles. The van der Waals surface area contributed by atoms with Crippen LogP contribution in [0.4, 0.5) is 60.5 Å². The molecule has 49 heavy (non-hydrogen) atoms. The van der Waals surface area contributed by atoms with Crippen molar-refractivity contribution in [3.05, 3.63) is 115 Å². The third kappa shape index (κ3) is 5.24. The number of alkyl halides is 6. The maximum atomic E-state index is 13.7. The second kappa shape index (κ2) is 11.2. The molecule has 0 bridgehead atoms. The molecule has 0 atom stereocenters. The second-order valence-electron chi connectivity index (χ2n) is 10.8. The van der Waals surface area contributed by atoms with Crippen molar-refractivity contribution in [1.29, 1.82) is 0 Å². The highest BCUT2D eigenvalue weighted by Crippen LogP contribution is 2.46. The number of benzene rings is 5. The Morgan fingerprint density at radius 2 is 0.776 bits per heavy atom. The zero-order valence-corrected chi connectivity index (χ0v) is 26.1. The molecule has 0 saturated heterocycles. The van der Waals surface area contributed by atoms with Crippen LogP contribution in [0.2, 0.25) is 0 Å². The van der Waals surface area contributed by atoms with Gasteiger partial charge in [-0.3, -0.25) is 0 Å². The predicted octanol–water partition coefficient (Wildman–Crippen LogP) is 6.23. The fourth-order valence-electron chi connectivity index (χ4n) is 6.14. The standard InChI is InChI=1S/C32H19BF6N2O6S2/c34-31(35,36)48(42,43)46-26-18-8-16-24-29(26)33-28-22(40(24)20-10-3-1-4-11-20)14-7-15-23(28)41(21-12-5-2-6-13-21)25-17-9-19-27(30(25)33)47-49(44,45)32(37,38)39/h1-19H. The Kier molecular flexibility index (Phi) is 7.40. The number of hydrogen-bond acceptors (Lipinski definition) is 8. The fraction of sp³-hybridized carbons (Fsp3) is 0.0625. The topological polar surface area (TPSA) is 93.2 Å². The van der Waals surface area contributed by atoms with E-state index in [9.17, 15) is 43.2 Å². The summed E-state index contributed by atoms with van der Waals surface area (Å²) in [6.07, 6.45) is 0. The first kappa shape index (κ1) is 32.4. The fourth-order valence-corrected chi connectivity index (χ4v) is 7.09. The molecule has 0 N–H and O–H groups in total. The van der Waals surface area contributed by atoms with Gasteiger partial charge in [0.15, 0.2) is 0 Å². The van der Waals surface area contributed by atoms with Crippen LogP contribution in [0.3, 0.4) is 0 Å². The summed E-state index contributed by atoms with van der Waals surface area (Å²) < 4.78 is 141. The van der Waals surface area contributed by atoms with Crippen molar-refractivity contribution in [3.8, 4) is 11.5 Å². The molecule has 0 spiro atoms. The van der Waals surface area contributed by atoms with Crippen molar-refractivity contribution in [2.75, 3.05) is 9.80 Å². The van der Waals surface area contributed by atoms with Gasteiger partial charge >= 0.3 is 31.3 Å². The molecule has 250 valence electrons. The van der Waals surface area contributed by atoms with Crippen LogP contribution >= 0.6 is 0 Å². The van der Waals surface area contributed by atoms with Crippen LogP contribution in [0.15, 0.2) is 115 Å². The molecule has 0 aliphatic carbocycles. The molecule has 0 radical (unpaired) electrons. The van der Waals surface area contributed by atoms with Gasteiger partial charge in [0, 0.05) is 34.1 Å². The van der Waals surface area contributed by atoms with Crippen LogP contribution in [-0.2, 0) is 20.2 Å². The van der Waals surface area contributed by atoms with E-state index in [0.29, 0.717) is 22.7 Å². The molecular weight excluding hydrogens is 697 g/mol. The largest absolute Gasteiger partial charge is 0.534 e. The third-order valence-corrected chi connectivity index (χ3v) is 9.90. The predicted molar refractivity (Wildman–Crippen MR) is 172 cm³/mol. The van der Waals surface area contributed by atoms with E-state index in [1.807, 2.05) is 0 Å². The zero-order valence-electron chi connectivity index (χ0n) is 24.5. The monoisotopic (exact) mass is 716 g/mol. The zero-order chi connectivity index (χ0) is 34.9. The van der Waals surface area contributed by atoms with Gasteiger partial charge in [0.05, 0.1) is 0 Å². The van der Waals surface area contributed by atoms with Gasteiger partial charge < -0.3 is 18.2 Å². The quantitative estimate of drug-likeness (QED) is 0.0867. The van der Waals surface area contributed by atoms with Gasteiger partial charge in [-0.25, -0.2) is 0 Å². The SMILES string of the molecule is O=S(=O)(Oc1cccc2c1B1c3c(OS(=O)(=O)C(F)(F)F)cccc3N(c3ccccc3)c3cccc(c31)N2c1ccccc1)C(F)(F)F. The number of halogens is 6. The minimum atomic E-state index is -6.26. The van der Waals surface area contributed by atoms with E-state index < -0.39 is 49.5 Å². The lowest BCUT2D eigenvalue weighted by Crippen LogP contribution is -2.62. The van der Waals surface area contributed by atoms with Crippen molar-refractivity contribution >= 4 is 77.5 Å². The number of para-hydroxylation sites is 2. The number of fused-ring (bicyclic) bond motifs is 4. The average Bonchev–Trinajstić information content (AvgIpc) is 3.04. The summed E-state index contributed by atoms with van der Waals surface area (Å²) in [5.41, 5.74) is -9.74. The highest BCUT2D eigenvalue weighted by atomic mass is 32.2. The maximum absolute atomic E-state index is 13.7. The Labute approximate surface area is 276 Å². The summed E-state index contributed by atoms with van der Waals surface area (Å²) in [5, 5.41) is 0. The Hall–Kier alpha value is -5.16. The van der Waals surface area contributed by atoms with Gasteiger partial charge in [0.25, 0.3) is 6.71 Å². The number of rotatable bonds is 6. The first-order valence-corrected chi connectivity index (χ1v) is 17.0. The molecule has 2 aliphatic rings. The molecule has 2 heterocycles. The first-order chi connectivity index (χ1) is 23.1. The van der Waals surface area contributed by atoms with Gasteiger partial charge in [0.2, 0.25) is 0 Å². The van der Waals surface area contributed by atoms with Crippen LogP contribution in [0.5, 0.6) is 11.5 Å². The Bertz CT molecular complexity index is 2170. The van der Waals surface area contributed by atoms with E-state index in [0.717, 1.165) is 12.1 Å². The lowest BCUT2D eigenvalue weighted by Gasteiger charge is -2.44. The number of hydrogen-bond donors (Lipinski definition) is 0. The molecular formula is C32H19BF6N2O6S2. The Morgan fingerprint density at radius 1 is 0.449 bits per heavy atom. The lowest BCUT2D eigenvalue weighted by molar-refractivity contribution is -0.0504. The van der Waals surface area contributed by atoms with Gasteiger partial charge in [-0.1, -0.05) is 54.6 Å². The summed E-state index contributed by atoms with van der Waals surface area (Å²) in [7, 11) is -12.5. The minimum absolute atomic E-state index is 0.114. The smallest absolute Gasteiger partial charge is 0.377 e. The van der Waals surface area contributed by atoms with Gasteiger partial charge in [-0.05, 0) is 77.1 Å². The molecule has 0 amide bonds. The van der Waals surface area contributed by atoms with Crippen molar-refractivity contribution in [2.45, 2.75) is 11.0 Å². The molecule has 0 aromatic heterocycles. The van der Waals surface area contributed by atoms with Crippen molar-refractivity contribution in [1.82, 2.24) is 0 Å². The van der Waals surface area contributed by atoms with Crippen LogP contribution in [0, 0.1) is 0 Å². The highest BCUT2D eigenvalue weighted by Gasteiger charge is 2.53. The van der Waals surface area contributed by atoms with E-state index in [1.165, 1.54) is 24.3 Å². The molecule has 0 saturated carbocycles. The molecule has 17 heteroatoms. The van der Waals surface area contributed by atoms with E-state index >= 15 is 0 Å². The van der Waals surface area contributed by atoms with E-state index in [4.69, 9.17) is 8.37 Å². The van der Waals surface area contributed by atoms with Gasteiger partial charge in [0.1, 0.15) is 11.5 Å². The Balaban J connectivity index is 1.61. The summed E-state index contributed by atoms with van der Waals surface area (Å²) in [5.74, 6) is -1.57. The van der Waals surface area contributed by atoms with Crippen LogP contribution in [0.1, 0.15) is 0 Å². The highest BCUT2D eigenvalue weighted by molar-refractivity contribution is 7.88. The molecule has 7 rings (SSSR count). The Morgan fingerprint density at radius 3 is 1.12 bits per heavy atom. The average molecular weight is 716 g/mol. The molecule has 5 aromatic carbocycles. The number of nitrogens with zero attached hydrogens (tertiary/aromatic N) is 2. The normalized spacial score (nSPS) is 14.1. The van der Waals surface area contributed by atoms with E-state index in [-0.39, 0.29) is 27.8 Å². The molecule has 8 nitrogen and oxygen atoms in total. The first-order valence-electron chi connectivity index (χ1n) is 14.2. The van der Waals surface area contributed by atoms with Crippen LogP contribution < -0.4 is 34.6 Å². The lowest BCUT2D eigenvalue weighted by atomic mass is 9.33. The summed E-state index contributed by atoms with van der Waals surface area (Å²) in [6.45, 7) is -1.41. The van der Waals surface area contributed by atoms with Gasteiger partial charge in [-0.15, -0.1) is 0 Å².